The highest BCUT2D eigenvalue weighted by molar-refractivity contribution is 5.85. The van der Waals surface area contributed by atoms with Gasteiger partial charge in [0.25, 0.3) is 0 Å². The monoisotopic (exact) mass is 340 g/mol. The molecule has 1 aromatic carbocycles. The molecule has 2 unspecified atom stereocenters. The van der Waals surface area contributed by atoms with Crippen molar-refractivity contribution in [1.29, 1.82) is 0 Å². The second-order valence-electron chi connectivity index (χ2n) is 5.98. The van der Waals surface area contributed by atoms with E-state index in [-0.39, 0.29) is 30.8 Å². The Morgan fingerprint density at radius 3 is 2.61 bits per heavy atom. The first kappa shape index (κ1) is 19.3. The van der Waals surface area contributed by atoms with E-state index in [9.17, 15) is 9.59 Å². The molecule has 0 heterocycles. The van der Waals surface area contributed by atoms with E-state index in [0.717, 1.165) is 24.0 Å². The van der Waals surface area contributed by atoms with Crippen molar-refractivity contribution in [3.05, 3.63) is 35.4 Å². The van der Waals surface area contributed by atoms with Crippen molar-refractivity contribution in [1.82, 2.24) is 10.6 Å². The quantitative estimate of drug-likeness (QED) is 0.601. The fourth-order valence-corrected chi connectivity index (χ4v) is 2.49. The number of carbonyl (C=O) groups is 2. The zero-order valence-electron chi connectivity index (χ0n) is 13.2. The lowest BCUT2D eigenvalue weighted by molar-refractivity contribution is -0.121. The van der Waals surface area contributed by atoms with E-state index in [1.54, 1.807) is 0 Å². The zero-order valence-corrected chi connectivity index (χ0v) is 14.1. The maximum absolute atomic E-state index is 12.1. The molecule has 1 saturated carbocycles. The highest BCUT2D eigenvalue weighted by atomic mass is 35.5. The van der Waals surface area contributed by atoms with Crippen LogP contribution in [0.5, 0.6) is 0 Å². The highest BCUT2D eigenvalue weighted by Gasteiger charge is 2.28. The van der Waals surface area contributed by atoms with Gasteiger partial charge in [-0.2, -0.15) is 0 Å². The number of rotatable bonds is 7. The van der Waals surface area contributed by atoms with Gasteiger partial charge in [-0.3, -0.25) is 4.79 Å². The summed E-state index contributed by atoms with van der Waals surface area (Å²) in [5, 5.41) is 5.46. The molecular weight excluding hydrogens is 316 g/mol. The van der Waals surface area contributed by atoms with Gasteiger partial charge in [0.15, 0.2) is 0 Å². The summed E-state index contributed by atoms with van der Waals surface area (Å²) in [6, 6.07) is 6.59. The summed E-state index contributed by atoms with van der Waals surface area (Å²) < 4.78 is 0. The fraction of sp³-hybridized carbons (Fsp3) is 0.500. The SMILES string of the molecule is Cc1cccc(C(CC(=O)NCC(N)C2CC2)NC(N)=O)c1.Cl. The Kier molecular flexibility index (Phi) is 7.32. The van der Waals surface area contributed by atoms with Crippen LogP contribution in [0.15, 0.2) is 24.3 Å². The van der Waals surface area contributed by atoms with Crippen molar-refractivity contribution >= 4 is 24.3 Å². The summed E-state index contributed by atoms with van der Waals surface area (Å²) in [6.45, 7) is 2.43. The molecule has 3 amide bonds. The topological polar surface area (TPSA) is 110 Å². The lowest BCUT2D eigenvalue weighted by Crippen LogP contribution is -2.41. The largest absolute Gasteiger partial charge is 0.354 e. The summed E-state index contributed by atoms with van der Waals surface area (Å²) in [7, 11) is 0. The minimum Gasteiger partial charge on any atom is -0.354 e. The van der Waals surface area contributed by atoms with Gasteiger partial charge in [0.05, 0.1) is 12.5 Å². The van der Waals surface area contributed by atoms with Crippen LogP contribution < -0.4 is 22.1 Å². The van der Waals surface area contributed by atoms with Gasteiger partial charge in [0.1, 0.15) is 0 Å². The van der Waals surface area contributed by atoms with Crippen LogP contribution in [0.1, 0.15) is 36.4 Å². The third-order valence-electron chi connectivity index (χ3n) is 3.91. The smallest absolute Gasteiger partial charge is 0.312 e. The summed E-state index contributed by atoms with van der Waals surface area (Å²) >= 11 is 0. The Hall–Kier alpha value is -1.79. The van der Waals surface area contributed by atoms with Crippen LogP contribution >= 0.6 is 12.4 Å². The van der Waals surface area contributed by atoms with E-state index in [1.165, 1.54) is 0 Å². The minimum atomic E-state index is -0.644. The second kappa shape index (κ2) is 8.74. The van der Waals surface area contributed by atoms with Crippen LogP contribution in [0.25, 0.3) is 0 Å². The first-order valence-electron chi connectivity index (χ1n) is 7.60. The molecule has 1 fully saturated rings. The number of aryl methyl sites for hydroxylation is 1. The van der Waals surface area contributed by atoms with E-state index in [4.69, 9.17) is 11.5 Å². The van der Waals surface area contributed by atoms with Crippen molar-refractivity contribution in [3.63, 3.8) is 0 Å². The first-order chi connectivity index (χ1) is 10.5. The van der Waals surface area contributed by atoms with Gasteiger partial charge in [0, 0.05) is 12.6 Å². The second-order valence-corrected chi connectivity index (χ2v) is 5.98. The first-order valence-corrected chi connectivity index (χ1v) is 7.60. The Morgan fingerprint density at radius 2 is 2.04 bits per heavy atom. The van der Waals surface area contributed by atoms with Crippen LogP contribution in [0.4, 0.5) is 4.79 Å². The number of hydrogen-bond donors (Lipinski definition) is 4. The van der Waals surface area contributed by atoms with Crippen LogP contribution in [0.3, 0.4) is 0 Å². The number of hydrogen-bond acceptors (Lipinski definition) is 3. The van der Waals surface area contributed by atoms with Crippen LogP contribution in [-0.2, 0) is 4.79 Å². The summed E-state index contributed by atoms with van der Waals surface area (Å²) in [6.07, 6.45) is 2.43. The molecule has 1 aromatic rings. The number of benzene rings is 1. The van der Waals surface area contributed by atoms with Gasteiger partial charge < -0.3 is 22.1 Å². The Labute approximate surface area is 142 Å². The Morgan fingerprint density at radius 1 is 1.35 bits per heavy atom. The van der Waals surface area contributed by atoms with Gasteiger partial charge in [-0.1, -0.05) is 29.8 Å². The number of nitrogens with two attached hydrogens (primary N) is 2. The molecular formula is C16H25ClN4O2. The Bertz CT molecular complexity index is 549. The minimum absolute atomic E-state index is 0. The van der Waals surface area contributed by atoms with Gasteiger partial charge in [-0.05, 0) is 31.2 Å². The van der Waals surface area contributed by atoms with Crippen molar-refractivity contribution < 1.29 is 9.59 Å². The summed E-state index contributed by atoms with van der Waals surface area (Å²) in [4.78, 5) is 23.3. The molecule has 2 atom stereocenters. The summed E-state index contributed by atoms with van der Waals surface area (Å²) in [5.74, 6) is 0.396. The maximum Gasteiger partial charge on any atom is 0.312 e. The number of amides is 3. The predicted octanol–water partition coefficient (Wildman–Crippen LogP) is 1.37. The van der Waals surface area contributed by atoms with E-state index in [2.05, 4.69) is 10.6 Å². The average Bonchev–Trinajstić information content (AvgIpc) is 3.28. The number of carbonyl (C=O) groups excluding carboxylic acids is 2. The normalized spacial score (nSPS) is 15.9. The molecule has 1 aliphatic carbocycles. The number of primary amides is 1. The van der Waals surface area contributed by atoms with Gasteiger partial charge >= 0.3 is 6.03 Å². The number of halogens is 1. The van der Waals surface area contributed by atoms with E-state index in [1.807, 2.05) is 31.2 Å². The number of urea groups is 1. The van der Waals surface area contributed by atoms with E-state index in [0.29, 0.717) is 12.5 Å². The third-order valence-corrected chi connectivity index (χ3v) is 3.91. The molecule has 0 aromatic heterocycles. The van der Waals surface area contributed by atoms with Crippen LogP contribution in [0.2, 0.25) is 0 Å². The van der Waals surface area contributed by atoms with Crippen molar-refractivity contribution in [3.8, 4) is 0 Å². The maximum atomic E-state index is 12.1. The van der Waals surface area contributed by atoms with Crippen LogP contribution in [-0.4, -0.2) is 24.5 Å². The molecule has 0 spiro atoms. The number of nitrogens with one attached hydrogen (secondary N) is 2. The predicted molar refractivity (Wildman–Crippen MR) is 92.2 cm³/mol. The molecule has 7 heteroatoms. The zero-order chi connectivity index (χ0) is 16.1. The molecule has 6 N–H and O–H groups in total. The van der Waals surface area contributed by atoms with Crippen molar-refractivity contribution in [2.45, 2.75) is 38.3 Å². The van der Waals surface area contributed by atoms with E-state index >= 15 is 0 Å². The standard InChI is InChI=1S/C16H24N4O2.ClH/c1-10-3-2-4-12(7-10)14(20-16(18)22)8-15(21)19-9-13(17)11-5-6-11;/h2-4,7,11,13-14H,5-6,8-9,17H2,1H3,(H,19,21)(H3,18,20,22);1H. The average molecular weight is 341 g/mol. The molecule has 0 aliphatic heterocycles. The Balaban J connectivity index is 0.00000264. The summed E-state index contributed by atoms with van der Waals surface area (Å²) in [5.41, 5.74) is 13.1. The fourth-order valence-electron chi connectivity index (χ4n) is 2.49. The highest BCUT2D eigenvalue weighted by Crippen LogP contribution is 2.31. The molecule has 2 rings (SSSR count). The molecule has 23 heavy (non-hydrogen) atoms. The van der Waals surface area contributed by atoms with Crippen LogP contribution in [0, 0.1) is 12.8 Å². The van der Waals surface area contributed by atoms with Gasteiger partial charge in [0.2, 0.25) is 5.91 Å². The molecule has 0 radical (unpaired) electrons. The van der Waals surface area contributed by atoms with Crippen molar-refractivity contribution in [2.75, 3.05) is 6.54 Å². The van der Waals surface area contributed by atoms with Gasteiger partial charge in [-0.25, -0.2) is 4.79 Å². The molecule has 0 saturated heterocycles. The molecule has 6 nitrogen and oxygen atoms in total. The molecule has 1 aliphatic rings. The van der Waals surface area contributed by atoms with Crippen molar-refractivity contribution in [2.24, 2.45) is 17.4 Å². The third kappa shape index (κ3) is 6.46. The molecule has 0 bridgehead atoms. The molecule has 128 valence electrons. The van der Waals surface area contributed by atoms with Gasteiger partial charge in [-0.15, -0.1) is 12.4 Å². The lowest BCUT2D eigenvalue weighted by atomic mass is 10.0. The van der Waals surface area contributed by atoms with E-state index < -0.39 is 12.1 Å². The lowest BCUT2D eigenvalue weighted by Gasteiger charge is -2.19.